The third-order valence-electron chi connectivity index (χ3n) is 3.73. The molecule has 0 fully saturated rings. The minimum absolute atomic E-state index is 0.137. The molecule has 130 valence electrons. The number of ether oxygens (including phenoxy) is 1. The molecular formula is C20H26FNO2. The monoisotopic (exact) mass is 331 g/mol. The van der Waals surface area contributed by atoms with Crippen molar-refractivity contribution in [2.75, 3.05) is 0 Å². The van der Waals surface area contributed by atoms with Gasteiger partial charge in [-0.3, -0.25) is 4.98 Å². The molecular weight excluding hydrogens is 305 g/mol. The number of benzene rings is 1. The van der Waals surface area contributed by atoms with Crippen LogP contribution >= 0.6 is 0 Å². The number of hydrogen-bond acceptors (Lipinski definition) is 3. The molecule has 4 heteroatoms. The molecule has 0 aliphatic heterocycles. The van der Waals surface area contributed by atoms with Crippen LogP contribution in [0.15, 0.2) is 36.7 Å². The van der Waals surface area contributed by atoms with E-state index in [-0.39, 0.29) is 11.7 Å². The Morgan fingerprint density at radius 3 is 2.33 bits per heavy atom. The van der Waals surface area contributed by atoms with E-state index in [2.05, 4.69) is 4.98 Å². The fourth-order valence-electron chi connectivity index (χ4n) is 2.81. The molecule has 0 aliphatic carbocycles. The maximum atomic E-state index is 14.2. The van der Waals surface area contributed by atoms with Crippen LogP contribution in [0.25, 0.3) is 11.1 Å². The van der Waals surface area contributed by atoms with E-state index in [0.717, 1.165) is 22.3 Å². The Labute approximate surface area is 143 Å². The molecule has 2 aromatic rings. The summed E-state index contributed by atoms with van der Waals surface area (Å²) in [6.45, 7) is 9.73. The number of rotatable bonds is 5. The molecule has 0 bridgehead atoms. The van der Waals surface area contributed by atoms with Gasteiger partial charge in [0.05, 0.1) is 5.60 Å². The average molecular weight is 331 g/mol. The van der Waals surface area contributed by atoms with Crippen molar-refractivity contribution in [3.8, 4) is 11.1 Å². The Hall–Kier alpha value is -1.78. The molecule has 0 spiro atoms. The zero-order valence-electron chi connectivity index (χ0n) is 15.0. The molecule has 0 amide bonds. The predicted molar refractivity (Wildman–Crippen MR) is 94.3 cm³/mol. The molecule has 1 heterocycles. The number of halogens is 1. The molecule has 0 saturated carbocycles. The second-order valence-corrected chi connectivity index (χ2v) is 7.30. The second-order valence-electron chi connectivity index (χ2n) is 7.30. The fraction of sp³-hybridized carbons (Fsp3) is 0.450. The third kappa shape index (κ3) is 4.86. The highest BCUT2D eigenvalue weighted by Gasteiger charge is 2.22. The summed E-state index contributed by atoms with van der Waals surface area (Å²) in [7, 11) is 0. The van der Waals surface area contributed by atoms with Gasteiger partial charge in [-0.05, 0) is 73.2 Å². The zero-order valence-corrected chi connectivity index (χ0v) is 15.0. The van der Waals surface area contributed by atoms with Crippen molar-refractivity contribution in [2.45, 2.75) is 58.8 Å². The Bertz CT molecular complexity index is 678. The number of pyridine rings is 1. The first-order chi connectivity index (χ1) is 11.2. The molecule has 1 aromatic carbocycles. The summed E-state index contributed by atoms with van der Waals surface area (Å²) in [6, 6.07) is 6.76. The fourth-order valence-corrected chi connectivity index (χ4v) is 2.81. The van der Waals surface area contributed by atoms with Crippen molar-refractivity contribution in [3.63, 3.8) is 0 Å². The minimum atomic E-state index is -0.950. The number of nitrogens with zero attached hydrogens (tertiary/aromatic N) is 1. The topological polar surface area (TPSA) is 42.4 Å². The van der Waals surface area contributed by atoms with E-state index in [0.29, 0.717) is 6.42 Å². The van der Waals surface area contributed by atoms with Crippen molar-refractivity contribution in [1.82, 2.24) is 4.98 Å². The summed E-state index contributed by atoms with van der Waals surface area (Å²) in [6.07, 6.45) is 2.72. The molecule has 1 aromatic heterocycles. The summed E-state index contributed by atoms with van der Waals surface area (Å²) in [5.74, 6) is -0.140. The molecule has 1 unspecified atom stereocenters. The van der Waals surface area contributed by atoms with Gasteiger partial charge in [0.1, 0.15) is 5.82 Å². The smallest absolute Gasteiger partial charge is 0.159 e. The van der Waals surface area contributed by atoms with Gasteiger partial charge in [0.25, 0.3) is 0 Å². The first-order valence-corrected chi connectivity index (χ1v) is 8.26. The largest absolute Gasteiger partial charge is 0.368 e. The summed E-state index contributed by atoms with van der Waals surface area (Å²) >= 11 is 0. The lowest BCUT2D eigenvalue weighted by Gasteiger charge is -2.26. The highest BCUT2D eigenvalue weighted by molar-refractivity contribution is 5.69. The zero-order chi connectivity index (χ0) is 17.9. The van der Waals surface area contributed by atoms with Gasteiger partial charge in [-0.2, -0.15) is 0 Å². The van der Waals surface area contributed by atoms with Crippen LogP contribution < -0.4 is 0 Å². The SMILES string of the molecule is CC(C)c1cc(F)cc(-c2ccncc2)c1CC(O)OC(C)(C)C. The highest BCUT2D eigenvalue weighted by atomic mass is 19.1. The van der Waals surface area contributed by atoms with Crippen LogP contribution in [-0.4, -0.2) is 22.0 Å². The molecule has 0 saturated heterocycles. The number of aromatic nitrogens is 1. The van der Waals surface area contributed by atoms with E-state index in [4.69, 9.17) is 4.74 Å². The summed E-state index contributed by atoms with van der Waals surface area (Å²) < 4.78 is 19.8. The predicted octanol–water partition coefficient (Wildman–Crippen LogP) is 4.69. The van der Waals surface area contributed by atoms with Crippen LogP contribution in [0, 0.1) is 5.82 Å². The molecule has 3 nitrogen and oxygen atoms in total. The lowest BCUT2D eigenvalue weighted by atomic mass is 9.88. The van der Waals surface area contributed by atoms with E-state index in [1.807, 2.05) is 46.8 Å². The Balaban J connectivity index is 2.50. The lowest BCUT2D eigenvalue weighted by Crippen LogP contribution is -2.29. The van der Waals surface area contributed by atoms with E-state index in [1.165, 1.54) is 6.07 Å². The van der Waals surface area contributed by atoms with Gasteiger partial charge < -0.3 is 9.84 Å². The van der Waals surface area contributed by atoms with Gasteiger partial charge in [-0.1, -0.05) is 13.8 Å². The summed E-state index contributed by atoms with van der Waals surface area (Å²) in [4.78, 5) is 4.02. The second kappa shape index (κ2) is 7.41. The summed E-state index contributed by atoms with van der Waals surface area (Å²) in [5, 5.41) is 10.4. The highest BCUT2D eigenvalue weighted by Crippen LogP contribution is 2.32. The molecule has 2 rings (SSSR count). The van der Waals surface area contributed by atoms with Crippen molar-refractivity contribution < 1.29 is 14.2 Å². The molecule has 1 atom stereocenters. The Morgan fingerprint density at radius 2 is 1.79 bits per heavy atom. The molecule has 1 N–H and O–H groups in total. The van der Waals surface area contributed by atoms with Crippen molar-refractivity contribution in [2.24, 2.45) is 0 Å². The van der Waals surface area contributed by atoms with E-state index in [1.54, 1.807) is 18.5 Å². The maximum absolute atomic E-state index is 14.2. The Morgan fingerprint density at radius 1 is 1.17 bits per heavy atom. The number of aliphatic hydroxyl groups is 1. The Kier molecular flexibility index (Phi) is 5.73. The van der Waals surface area contributed by atoms with Crippen LogP contribution in [0.5, 0.6) is 0 Å². The third-order valence-corrected chi connectivity index (χ3v) is 3.73. The molecule has 0 radical (unpaired) electrons. The van der Waals surface area contributed by atoms with Gasteiger partial charge >= 0.3 is 0 Å². The first-order valence-electron chi connectivity index (χ1n) is 8.26. The van der Waals surface area contributed by atoms with Gasteiger partial charge in [0, 0.05) is 18.8 Å². The van der Waals surface area contributed by atoms with Gasteiger partial charge in [0.2, 0.25) is 0 Å². The van der Waals surface area contributed by atoms with Gasteiger partial charge in [0.15, 0.2) is 6.29 Å². The van der Waals surface area contributed by atoms with Crippen LogP contribution in [0.4, 0.5) is 4.39 Å². The van der Waals surface area contributed by atoms with Crippen LogP contribution in [0.1, 0.15) is 51.7 Å². The van der Waals surface area contributed by atoms with Crippen molar-refractivity contribution in [1.29, 1.82) is 0 Å². The van der Waals surface area contributed by atoms with E-state index in [9.17, 15) is 9.50 Å². The molecule has 24 heavy (non-hydrogen) atoms. The normalized spacial score (nSPS) is 13.3. The number of aliphatic hydroxyl groups excluding tert-OH is 1. The standard InChI is InChI=1S/C20H26FNO2/c1-13(2)16-10-15(21)11-17(14-6-8-22-9-7-14)18(16)12-19(23)24-20(3,4)5/h6-11,13,19,23H,12H2,1-5H3. The van der Waals surface area contributed by atoms with Crippen molar-refractivity contribution in [3.05, 3.63) is 53.6 Å². The lowest BCUT2D eigenvalue weighted by molar-refractivity contribution is -0.164. The van der Waals surface area contributed by atoms with Crippen LogP contribution in [0.2, 0.25) is 0 Å². The quantitative estimate of drug-likeness (QED) is 0.808. The minimum Gasteiger partial charge on any atom is -0.368 e. The van der Waals surface area contributed by atoms with E-state index >= 15 is 0 Å². The van der Waals surface area contributed by atoms with Crippen molar-refractivity contribution >= 4 is 0 Å². The molecule has 0 aliphatic rings. The van der Waals surface area contributed by atoms with Gasteiger partial charge in [-0.25, -0.2) is 4.39 Å². The van der Waals surface area contributed by atoms with Gasteiger partial charge in [-0.15, -0.1) is 0 Å². The maximum Gasteiger partial charge on any atom is 0.159 e. The van der Waals surface area contributed by atoms with Crippen LogP contribution in [-0.2, 0) is 11.2 Å². The number of hydrogen-bond donors (Lipinski definition) is 1. The van der Waals surface area contributed by atoms with Crippen LogP contribution in [0.3, 0.4) is 0 Å². The summed E-state index contributed by atoms with van der Waals surface area (Å²) in [5.41, 5.74) is 3.00. The first kappa shape index (κ1) is 18.6. The van der Waals surface area contributed by atoms with E-state index < -0.39 is 11.9 Å². The average Bonchev–Trinajstić information content (AvgIpc) is 2.47.